The fraction of sp³-hybridized carbons (Fsp3) is 1.00. The highest BCUT2D eigenvalue weighted by Gasteiger charge is 2.44. The lowest BCUT2D eigenvalue weighted by Crippen LogP contribution is -2.44. The Hall–Kier alpha value is -0.0800. The molecule has 2 aliphatic rings. The molecule has 0 aromatic rings. The van der Waals surface area contributed by atoms with Gasteiger partial charge in [-0.25, -0.2) is 0 Å². The molecule has 0 bridgehead atoms. The lowest BCUT2D eigenvalue weighted by Gasteiger charge is -2.34. The first-order valence-electron chi connectivity index (χ1n) is 6.40. The minimum atomic E-state index is 0.354. The minimum Gasteiger partial charge on any atom is -0.297 e. The summed E-state index contributed by atoms with van der Waals surface area (Å²) in [7, 11) is 0. The van der Waals surface area contributed by atoms with Crippen LogP contribution in [0, 0.1) is 5.92 Å². The molecule has 0 aromatic heterocycles. The van der Waals surface area contributed by atoms with Crippen molar-refractivity contribution in [3.8, 4) is 0 Å². The molecule has 2 rings (SSSR count). The number of likely N-dealkylation sites (tertiary alicyclic amines) is 2. The summed E-state index contributed by atoms with van der Waals surface area (Å²) in [6, 6.07) is 1.56. The van der Waals surface area contributed by atoms with Gasteiger partial charge in [-0.15, -0.1) is 0 Å². The average molecular weight is 210 g/mol. The summed E-state index contributed by atoms with van der Waals surface area (Å²) in [5.74, 6) is 0.937. The normalized spacial score (nSPS) is 34.0. The van der Waals surface area contributed by atoms with Crippen molar-refractivity contribution in [1.82, 2.24) is 9.80 Å². The maximum absolute atomic E-state index is 2.70. The first kappa shape index (κ1) is 11.4. The molecular weight excluding hydrogens is 184 g/mol. The maximum atomic E-state index is 2.70. The highest BCUT2D eigenvalue weighted by molar-refractivity contribution is 4.99. The summed E-state index contributed by atoms with van der Waals surface area (Å²) in [5, 5.41) is 0. The third-order valence-corrected chi connectivity index (χ3v) is 4.20. The van der Waals surface area contributed by atoms with E-state index in [1.54, 1.807) is 0 Å². The molecule has 0 N–H and O–H groups in total. The molecule has 2 heteroatoms. The fourth-order valence-electron chi connectivity index (χ4n) is 3.18. The van der Waals surface area contributed by atoms with Crippen LogP contribution in [0.4, 0.5) is 0 Å². The maximum Gasteiger partial charge on any atom is 0.0266 e. The van der Waals surface area contributed by atoms with Crippen molar-refractivity contribution in [1.29, 1.82) is 0 Å². The SMILES string of the molecule is CC(C)N1CC[C@@H]2CN(C(C)(C)C)C[C@@H]21. The summed E-state index contributed by atoms with van der Waals surface area (Å²) in [6.45, 7) is 15.6. The number of nitrogens with zero attached hydrogens (tertiary/aromatic N) is 2. The van der Waals surface area contributed by atoms with E-state index in [1.807, 2.05) is 0 Å². The van der Waals surface area contributed by atoms with Crippen molar-refractivity contribution in [2.45, 2.75) is 58.7 Å². The van der Waals surface area contributed by atoms with Crippen molar-refractivity contribution in [2.24, 2.45) is 5.92 Å². The Bertz CT molecular complexity index is 229. The van der Waals surface area contributed by atoms with Gasteiger partial charge in [0.1, 0.15) is 0 Å². The lowest BCUT2D eigenvalue weighted by molar-refractivity contribution is 0.133. The van der Waals surface area contributed by atoms with Gasteiger partial charge in [-0.3, -0.25) is 9.80 Å². The molecule has 0 amide bonds. The van der Waals surface area contributed by atoms with E-state index < -0.39 is 0 Å². The number of hydrogen-bond donors (Lipinski definition) is 0. The van der Waals surface area contributed by atoms with Gasteiger partial charge in [0.15, 0.2) is 0 Å². The molecule has 2 saturated heterocycles. The van der Waals surface area contributed by atoms with Crippen LogP contribution in [0.2, 0.25) is 0 Å². The van der Waals surface area contributed by atoms with Gasteiger partial charge in [0.2, 0.25) is 0 Å². The van der Waals surface area contributed by atoms with Gasteiger partial charge in [-0.2, -0.15) is 0 Å². The quantitative estimate of drug-likeness (QED) is 0.654. The van der Waals surface area contributed by atoms with Crippen LogP contribution in [-0.2, 0) is 0 Å². The highest BCUT2D eigenvalue weighted by atomic mass is 15.3. The molecule has 0 aromatic carbocycles. The zero-order valence-electron chi connectivity index (χ0n) is 11.0. The van der Waals surface area contributed by atoms with E-state index in [9.17, 15) is 0 Å². The second-order valence-electron chi connectivity index (χ2n) is 6.52. The van der Waals surface area contributed by atoms with Gasteiger partial charge in [-0.05, 0) is 53.5 Å². The average Bonchev–Trinajstić information content (AvgIpc) is 2.56. The molecule has 2 aliphatic heterocycles. The van der Waals surface area contributed by atoms with Gasteiger partial charge >= 0.3 is 0 Å². The van der Waals surface area contributed by atoms with Crippen LogP contribution in [0.5, 0.6) is 0 Å². The Morgan fingerprint density at radius 2 is 1.80 bits per heavy atom. The number of hydrogen-bond acceptors (Lipinski definition) is 2. The second-order valence-corrected chi connectivity index (χ2v) is 6.52. The van der Waals surface area contributed by atoms with Crippen LogP contribution in [-0.4, -0.2) is 47.1 Å². The van der Waals surface area contributed by atoms with Gasteiger partial charge in [0.25, 0.3) is 0 Å². The minimum absolute atomic E-state index is 0.354. The molecule has 88 valence electrons. The van der Waals surface area contributed by atoms with Crippen LogP contribution in [0.1, 0.15) is 41.0 Å². The van der Waals surface area contributed by atoms with Crippen molar-refractivity contribution >= 4 is 0 Å². The summed E-state index contributed by atoms with van der Waals surface area (Å²) in [4.78, 5) is 5.37. The van der Waals surface area contributed by atoms with E-state index in [4.69, 9.17) is 0 Å². The van der Waals surface area contributed by atoms with Gasteiger partial charge in [0.05, 0.1) is 0 Å². The molecule has 0 saturated carbocycles. The van der Waals surface area contributed by atoms with E-state index in [0.29, 0.717) is 5.54 Å². The Morgan fingerprint density at radius 1 is 1.13 bits per heavy atom. The smallest absolute Gasteiger partial charge is 0.0266 e. The van der Waals surface area contributed by atoms with Gasteiger partial charge in [0, 0.05) is 30.7 Å². The molecular formula is C13H26N2. The molecule has 2 fully saturated rings. The van der Waals surface area contributed by atoms with E-state index >= 15 is 0 Å². The second kappa shape index (κ2) is 3.74. The number of rotatable bonds is 1. The lowest BCUT2D eigenvalue weighted by atomic mass is 10.0. The Balaban J connectivity index is 2.03. The molecule has 2 nitrogen and oxygen atoms in total. The summed E-state index contributed by atoms with van der Waals surface area (Å²) < 4.78 is 0. The van der Waals surface area contributed by atoms with Crippen LogP contribution in [0.25, 0.3) is 0 Å². The largest absolute Gasteiger partial charge is 0.297 e. The molecule has 0 radical (unpaired) electrons. The third-order valence-electron chi connectivity index (χ3n) is 4.20. The molecule has 0 unspecified atom stereocenters. The van der Waals surface area contributed by atoms with Crippen molar-refractivity contribution < 1.29 is 0 Å². The van der Waals surface area contributed by atoms with Crippen LogP contribution >= 0.6 is 0 Å². The highest BCUT2D eigenvalue weighted by Crippen LogP contribution is 2.35. The van der Waals surface area contributed by atoms with E-state index in [-0.39, 0.29) is 0 Å². The van der Waals surface area contributed by atoms with Gasteiger partial charge in [-0.1, -0.05) is 0 Å². The topological polar surface area (TPSA) is 6.48 Å². The van der Waals surface area contributed by atoms with E-state index in [1.165, 1.54) is 26.1 Å². The van der Waals surface area contributed by atoms with Crippen LogP contribution in [0.3, 0.4) is 0 Å². The van der Waals surface area contributed by atoms with Crippen molar-refractivity contribution in [3.05, 3.63) is 0 Å². The molecule has 0 aliphatic carbocycles. The Labute approximate surface area is 94.6 Å². The van der Waals surface area contributed by atoms with Crippen LogP contribution < -0.4 is 0 Å². The first-order chi connectivity index (χ1) is 6.89. The summed E-state index contributed by atoms with van der Waals surface area (Å²) >= 11 is 0. The van der Waals surface area contributed by atoms with Crippen LogP contribution in [0.15, 0.2) is 0 Å². The molecule has 15 heavy (non-hydrogen) atoms. The summed E-state index contributed by atoms with van der Waals surface area (Å²) in [6.07, 6.45) is 1.41. The van der Waals surface area contributed by atoms with E-state index in [2.05, 4.69) is 44.4 Å². The van der Waals surface area contributed by atoms with Gasteiger partial charge < -0.3 is 0 Å². The molecule has 2 heterocycles. The zero-order valence-corrected chi connectivity index (χ0v) is 11.0. The summed E-state index contributed by atoms with van der Waals surface area (Å²) in [5.41, 5.74) is 0.354. The zero-order chi connectivity index (χ0) is 11.2. The van der Waals surface area contributed by atoms with E-state index in [0.717, 1.165) is 18.0 Å². The van der Waals surface area contributed by atoms with Crippen molar-refractivity contribution in [2.75, 3.05) is 19.6 Å². The predicted octanol–water partition coefficient (Wildman–Crippen LogP) is 2.20. The standard InChI is InChI=1S/C13H26N2/c1-10(2)15-7-6-11-8-14(9-12(11)15)13(3,4)5/h10-12H,6-9H2,1-5H3/t11-,12+/m1/s1. The predicted molar refractivity (Wildman–Crippen MR) is 65.1 cm³/mol. The Kier molecular flexibility index (Phi) is 2.85. The monoisotopic (exact) mass is 210 g/mol. The fourth-order valence-corrected chi connectivity index (χ4v) is 3.18. The van der Waals surface area contributed by atoms with Crippen molar-refractivity contribution in [3.63, 3.8) is 0 Å². The third kappa shape index (κ3) is 2.07. The number of fused-ring (bicyclic) bond motifs is 1. The molecule has 2 atom stereocenters. The Morgan fingerprint density at radius 3 is 2.33 bits per heavy atom. The molecule has 0 spiro atoms. The first-order valence-corrected chi connectivity index (χ1v) is 6.40.